The van der Waals surface area contributed by atoms with Crippen LogP contribution >= 0.6 is 0 Å². The van der Waals surface area contributed by atoms with E-state index in [2.05, 4.69) is 124 Å². The first kappa shape index (κ1) is 67.1. The van der Waals surface area contributed by atoms with Crippen LogP contribution in [0.15, 0.2) is 109 Å². The molecule has 0 rings (SSSR count). The summed E-state index contributed by atoms with van der Waals surface area (Å²) in [7, 11) is 0. The van der Waals surface area contributed by atoms with Gasteiger partial charge in [-0.25, -0.2) is 0 Å². The van der Waals surface area contributed by atoms with E-state index in [0.29, 0.717) is 19.3 Å². The molecule has 6 heteroatoms. The molecule has 0 N–H and O–H groups in total. The van der Waals surface area contributed by atoms with Crippen LogP contribution in [0.3, 0.4) is 0 Å². The fourth-order valence-electron chi connectivity index (χ4n) is 7.85. The Balaban J connectivity index is 4.52. The summed E-state index contributed by atoms with van der Waals surface area (Å²) in [6.45, 7) is 6.43. The van der Waals surface area contributed by atoms with Crippen LogP contribution in [-0.2, 0) is 28.6 Å². The normalized spacial score (nSPS) is 12.9. The van der Waals surface area contributed by atoms with Gasteiger partial charge >= 0.3 is 17.9 Å². The third-order valence-corrected chi connectivity index (χ3v) is 12.2. The molecular weight excluding hydrogens is 877 g/mol. The first-order valence-electron chi connectivity index (χ1n) is 29.4. The Morgan fingerprint density at radius 2 is 0.577 bits per heavy atom. The van der Waals surface area contributed by atoms with Gasteiger partial charge in [-0.1, -0.05) is 239 Å². The average molecular weight is 986 g/mol. The van der Waals surface area contributed by atoms with Crippen molar-refractivity contribution in [3.05, 3.63) is 109 Å². The standard InChI is InChI=1S/C65H108O6/c1-4-7-10-13-16-19-22-25-28-31-32-35-37-40-43-46-49-52-55-58-64(67)70-61-62(71-65(68)59-56-53-50-47-44-41-38-34-30-27-24-21-18-15-12-9-6-3)60-69-63(66)57-54-51-48-45-42-39-36-33-29-26-23-20-17-14-11-8-5-2/h7,10,16-17,19-20,25-30,32,35,40,43,49,52,62H,4-6,8-9,11-15,18,21-24,31,33-34,36-39,41-42,44-48,50-51,53-61H2,1-3H3/b10-7-,19-16-,20-17-,28-25-,29-26-,30-27-,35-32-,43-40-,52-49-/t62-/m0/s1. The second kappa shape index (κ2) is 58.6. The van der Waals surface area contributed by atoms with Gasteiger partial charge in [0.05, 0.1) is 0 Å². The van der Waals surface area contributed by atoms with E-state index in [1.807, 2.05) is 6.08 Å². The molecule has 6 nitrogen and oxygen atoms in total. The zero-order valence-corrected chi connectivity index (χ0v) is 46.2. The lowest BCUT2D eigenvalue weighted by Gasteiger charge is -2.18. The molecule has 0 aliphatic rings. The first-order chi connectivity index (χ1) is 35.0. The Hall–Kier alpha value is -3.93. The molecule has 404 valence electrons. The third kappa shape index (κ3) is 56.9. The van der Waals surface area contributed by atoms with Crippen molar-refractivity contribution in [2.75, 3.05) is 13.2 Å². The van der Waals surface area contributed by atoms with Crippen molar-refractivity contribution < 1.29 is 28.6 Å². The van der Waals surface area contributed by atoms with Crippen LogP contribution in [0.2, 0.25) is 0 Å². The number of carbonyl (C=O) groups is 3. The van der Waals surface area contributed by atoms with Gasteiger partial charge in [-0.15, -0.1) is 0 Å². The fourth-order valence-corrected chi connectivity index (χ4v) is 7.85. The number of carbonyl (C=O) groups excluding carboxylic acids is 3. The molecule has 0 aromatic heterocycles. The van der Waals surface area contributed by atoms with E-state index in [9.17, 15) is 14.4 Å². The zero-order chi connectivity index (χ0) is 51.4. The minimum atomic E-state index is -0.817. The van der Waals surface area contributed by atoms with Crippen molar-refractivity contribution in [2.24, 2.45) is 0 Å². The molecule has 0 saturated heterocycles. The van der Waals surface area contributed by atoms with Gasteiger partial charge in [-0.05, 0) is 116 Å². The van der Waals surface area contributed by atoms with Crippen molar-refractivity contribution in [1.82, 2.24) is 0 Å². The van der Waals surface area contributed by atoms with Crippen molar-refractivity contribution in [3.63, 3.8) is 0 Å². The highest BCUT2D eigenvalue weighted by Gasteiger charge is 2.19. The lowest BCUT2D eigenvalue weighted by atomic mass is 10.1. The Morgan fingerprint density at radius 3 is 0.986 bits per heavy atom. The van der Waals surface area contributed by atoms with Gasteiger partial charge < -0.3 is 14.2 Å². The van der Waals surface area contributed by atoms with E-state index in [1.54, 1.807) is 0 Å². The Labute approximate surface area is 438 Å². The Morgan fingerprint density at radius 1 is 0.296 bits per heavy atom. The number of hydrogen-bond donors (Lipinski definition) is 0. The summed E-state index contributed by atoms with van der Waals surface area (Å²) in [5.74, 6) is -1.01. The van der Waals surface area contributed by atoms with Crippen molar-refractivity contribution >= 4 is 17.9 Å². The van der Waals surface area contributed by atoms with E-state index in [4.69, 9.17) is 14.2 Å². The molecule has 1 atom stereocenters. The fraction of sp³-hybridized carbons (Fsp3) is 0.677. The van der Waals surface area contributed by atoms with Crippen molar-refractivity contribution in [1.29, 1.82) is 0 Å². The van der Waals surface area contributed by atoms with Gasteiger partial charge in [-0.3, -0.25) is 14.4 Å². The molecule has 0 aromatic rings. The van der Waals surface area contributed by atoms with E-state index in [-0.39, 0.29) is 37.5 Å². The molecule has 0 aliphatic carbocycles. The summed E-state index contributed by atoms with van der Waals surface area (Å²) in [6, 6.07) is 0. The van der Waals surface area contributed by atoms with E-state index in [0.717, 1.165) is 89.9 Å². The van der Waals surface area contributed by atoms with Gasteiger partial charge in [0.1, 0.15) is 13.2 Å². The maximum atomic E-state index is 12.9. The summed E-state index contributed by atoms with van der Waals surface area (Å²) in [6.07, 6.45) is 79.4. The molecule has 71 heavy (non-hydrogen) atoms. The SMILES string of the molecule is CC/C=C\C/C=C\C/C=C\C/C=C\C/C=C\C/C=C\CCC(=O)OC[C@H](COC(=O)CCCCCCCCC/C=C\C/C=C\CCCCC)OC(=O)CCCCCCCCC/C=C\CCCCCCCC. The molecule has 0 saturated carbocycles. The van der Waals surface area contributed by atoms with Gasteiger partial charge in [0.2, 0.25) is 0 Å². The number of rotatable bonds is 52. The highest BCUT2D eigenvalue weighted by atomic mass is 16.6. The molecule has 0 bridgehead atoms. The van der Waals surface area contributed by atoms with Gasteiger partial charge in [-0.2, -0.15) is 0 Å². The van der Waals surface area contributed by atoms with Crippen LogP contribution in [0, 0.1) is 0 Å². The summed E-state index contributed by atoms with van der Waals surface area (Å²) in [4.78, 5) is 38.2. The lowest BCUT2D eigenvalue weighted by molar-refractivity contribution is -0.166. The molecular formula is C65H108O6. The largest absolute Gasteiger partial charge is 0.462 e. The molecule has 0 aliphatic heterocycles. The smallest absolute Gasteiger partial charge is 0.306 e. The molecule has 0 amide bonds. The van der Waals surface area contributed by atoms with E-state index in [1.165, 1.54) is 128 Å². The van der Waals surface area contributed by atoms with Gasteiger partial charge in [0, 0.05) is 19.3 Å². The van der Waals surface area contributed by atoms with Crippen LogP contribution in [-0.4, -0.2) is 37.2 Å². The molecule has 0 heterocycles. The predicted octanol–water partition coefficient (Wildman–Crippen LogP) is 19.9. The quantitative estimate of drug-likeness (QED) is 0.0261. The maximum Gasteiger partial charge on any atom is 0.306 e. The van der Waals surface area contributed by atoms with Crippen molar-refractivity contribution in [3.8, 4) is 0 Å². The van der Waals surface area contributed by atoms with Crippen LogP contribution < -0.4 is 0 Å². The molecule has 0 unspecified atom stereocenters. The van der Waals surface area contributed by atoms with Gasteiger partial charge in [0.25, 0.3) is 0 Å². The Kier molecular flexibility index (Phi) is 55.4. The first-order valence-corrected chi connectivity index (χ1v) is 29.4. The minimum Gasteiger partial charge on any atom is -0.462 e. The summed E-state index contributed by atoms with van der Waals surface area (Å²) < 4.78 is 16.8. The lowest BCUT2D eigenvalue weighted by Crippen LogP contribution is -2.30. The van der Waals surface area contributed by atoms with Crippen molar-refractivity contribution in [2.45, 2.75) is 271 Å². The zero-order valence-electron chi connectivity index (χ0n) is 46.2. The summed E-state index contributed by atoms with van der Waals surface area (Å²) in [5, 5.41) is 0. The van der Waals surface area contributed by atoms with Crippen LogP contribution in [0.4, 0.5) is 0 Å². The van der Waals surface area contributed by atoms with E-state index >= 15 is 0 Å². The number of esters is 3. The number of ether oxygens (including phenoxy) is 3. The number of unbranched alkanes of at least 4 members (excludes halogenated alkanes) is 23. The molecule has 0 radical (unpaired) electrons. The predicted molar refractivity (Wildman–Crippen MR) is 307 cm³/mol. The van der Waals surface area contributed by atoms with E-state index < -0.39 is 6.10 Å². The average Bonchev–Trinajstić information content (AvgIpc) is 3.37. The summed E-state index contributed by atoms with van der Waals surface area (Å²) in [5.41, 5.74) is 0. The second-order valence-electron chi connectivity index (χ2n) is 19.2. The Bertz CT molecular complexity index is 1460. The van der Waals surface area contributed by atoms with Crippen LogP contribution in [0.5, 0.6) is 0 Å². The number of hydrogen-bond acceptors (Lipinski definition) is 6. The van der Waals surface area contributed by atoms with Crippen LogP contribution in [0.1, 0.15) is 265 Å². The second-order valence-corrected chi connectivity index (χ2v) is 19.2. The minimum absolute atomic E-state index is 0.108. The van der Waals surface area contributed by atoms with Crippen LogP contribution in [0.25, 0.3) is 0 Å². The molecule has 0 fully saturated rings. The highest BCUT2D eigenvalue weighted by molar-refractivity contribution is 5.71. The topological polar surface area (TPSA) is 78.9 Å². The summed E-state index contributed by atoms with van der Waals surface area (Å²) >= 11 is 0. The highest BCUT2D eigenvalue weighted by Crippen LogP contribution is 2.14. The van der Waals surface area contributed by atoms with Gasteiger partial charge in [0.15, 0.2) is 6.10 Å². The monoisotopic (exact) mass is 985 g/mol. The molecule has 0 spiro atoms. The number of allylic oxidation sites excluding steroid dienone is 18. The third-order valence-electron chi connectivity index (χ3n) is 12.2. The molecule has 0 aromatic carbocycles. The maximum absolute atomic E-state index is 12.9.